The highest BCUT2D eigenvalue weighted by atomic mass is 16.7. The molecular weight excluding hydrogens is 1170 g/mol. The number of amides is 1. The lowest BCUT2D eigenvalue weighted by atomic mass is 9.99. The molecule has 0 aromatic heterocycles. The highest BCUT2D eigenvalue weighted by Gasteiger charge is 2.44. The van der Waals surface area contributed by atoms with Crippen LogP contribution < -0.4 is 5.32 Å². The van der Waals surface area contributed by atoms with Gasteiger partial charge in [-0.15, -0.1) is 0 Å². The van der Waals surface area contributed by atoms with Crippen molar-refractivity contribution in [2.45, 2.75) is 365 Å². The number of rotatable bonds is 67. The lowest BCUT2D eigenvalue weighted by Gasteiger charge is -2.40. The van der Waals surface area contributed by atoms with Crippen molar-refractivity contribution >= 4 is 5.91 Å². The second kappa shape index (κ2) is 72.6. The Bertz CT molecular complexity index is 2070. The van der Waals surface area contributed by atoms with E-state index in [9.17, 15) is 30.3 Å². The number of carbonyl (C=O) groups is 1. The standard InChI is InChI=1S/C86H145NO8/c1-3-5-7-9-11-13-15-17-19-21-23-25-27-29-31-33-35-37-38-39-40-41-42-44-46-48-50-52-54-56-58-60-62-64-66-68-70-72-74-76-82(90)87-79(78-94-86-85(93)84(92)83(91)81(77-88)95-86)80(89)75-73-71-69-67-65-63-61-59-57-55-53-51-49-47-45-43-36-34-32-30-28-26-24-22-20-18-16-14-12-10-8-6-4-2/h5,7,11,13,17,19,23,25,29,31,35,37,39-40,42,44,48,50,54,56-57,59,65,67,73,75,79-81,83-86,88-89,91-93H,3-4,6,8-10,12,14-16,18,20-22,24,26-28,30,32-34,36,38,41,43,45-47,49,51-53,55,58,60-64,66,68-72,74,76-78H2,1-2H3,(H,87,90)/b7-5-,13-11-,19-17-,25-23-,31-29-,37-35-,40-39-,44-42-,50-48-,56-54-,59-57+,67-65+,75-73+. The van der Waals surface area contributed by atoms with Crippen LogP contribution in [0, 0.1) is 0 Å². The molecule has 1 fully saturated rings. The predicted molar refractivity (Wildman–Crippen MR) is 409 cm³/mol. The van der Waals surface area contributed by atoms with Gasteiger partial charge in [-0.05, 0) is 122 Å². The van der Waals surface area contributed by atoms with Crippen LogP contribution in [0.25, 0.3) is 0 Å². The molecule has 0 aromatic carbocycles. The van der Waals surface area contributed by atoms with Crippen molar-refractivity contribution in [2.24, 2.45) is 0 Å². The number of ether oxygens (including phenoxy) is 2. The van der Waals surface area contributed by atoms with Crippen molar-refractivity contribution in [3.8, 4) is 0 Å². The third kappa shape index (κ3) is 60.7. The van der Waals surface area contributed by atoms with Gasteiger partial charge >= 0.3 is 0 Å². The molecule has 1 rings (SSSR count). The van der Waals surface area contributed by atoms with E-state index in [1.165, 1.54) is 173 Å². The summed E-state index contributed by atoms with van der Waals surface area (Å²) < 4.78 is 11.3. The second-order valence-corrected chi connectivity index (χ2v) is 26.4. The number of allylic oxidation sites excluding steroid dienone is 25. The van der Waals surface area contributed by atoms with Crippen molar-refractivity contribution in [2.75, 3.05) is 13.2 Å². The van der Waals surface area contributed by atoms with Gasteiger partial charge < -0.3 is 40.3 Å². The highest BCUT2D eigenvalue weighted by Crippen LogP contribution is 2.23. The summed E-state index contributed by atoms with van der Waals surface area (Å²) in [6, 6.07) is -0.847. The Kier molecular flexibility index (Phi) is 67.8. The Morgan fingerprint density at radius 3 is 1.01 bits per heavy atom. The summed E-state index contributed by atoms with van der Waals surface area (Å²) in [6.45, 7) is 3.66. The van der Waals surface area contributed by atoms with Crippen molar-refractivity contribution in [1.29, 1.82) is 0 Å². The van der Waals surface area contributed by atoms with Gasteiger partial charge in [0, 0.05) is 6.42 Å². The minimum atomic E-state index is -1.59. The van der Waals surface area contributed by atoms with Crippen molar-refractivity contribution in [1.82, 2.24) is 5.32 Å². The van der Waals surface area contributed by atoms with E-state index in [0.29, 0.717) is 6.42 Å². The van der Waals surface area contributed by atoms with Gasteiger partial charge in [0.1, 0.15) is 24.4 Å². The van der Waals surface area contributed by atoms with Gasteiger partial charge in [-0.2, -0.15) is 0 Å². The van der Waals surface area contributed by atoms with Crippen LogP contribution in [-0.4, -0.2) is 87.5 Å². The maximum Gasteiger partial charge on any atom is 0.220 e. The number of hydrogen-bond acceptors (Lipinski definition) is 8. The number of nitrogens with one attached hydrogen (secondary N) is 1. The number of hydrogen-bond donors (Lipinski definition) is 6. The average Bonchev–Trinajstić information content (AvgIpc) is 0.836. The highest BCUT2D eigenvalue weighted by molar-refractivity contribution is 5.76. The fourth-order valence-electron chi connectivity index (χ4n) is 11.5. The minimum absolute atomic E-state index is 0.203. The third-order valence-corrected chi connectivity index (χ3v) is 17.6. The normalized spacial score (nSPS) is 18.4. The van der Waals surface area contributed by atoms with Crippen molar-refractivity contribution in [3.63, 3.8) is 0 Å². The lowest BCUT2D eigenvalue weighted by Crippen LogP contribution is -2.60. The molecule has 9 nitrogen and oxygen atoms in total. The van der Waals surface area contributed by atoms with Gasteiger partial charge in [0.2, 0.25) is 5.91 Å². The summed E-state index contributed by atoms with van der Waals surface area (Å²) in [7, 11) is 0. The Hall–Kier alpha value is -4.19. The first-order valence-corrected chi connectivity index (χ1v) is 39.2. The Labute approximate surface area is 584 Å². The van der Waals surface area contributed by atoms with Crippen LogP contribution in [0.5, 0.6) is 0 Å². The van der Waals surface area contributed by atoms with Crippen LogP contribution in [0.4, 0.5) is 0 Å². The monoisotopic (exact) mass is 1320 g/mol. The largest absolute Gasteiger partial charge is 0.394 e. The molecule has 0 bridgehead atoms. The van der Waals surface area contributed by atoms with E-state index in [2.05, 4.69) is 165 Å². The van der Waals surface area contributed by atoms with Crippen LogP contribution in [0.3, 0.4) is 0 Å². The quantitative estimate of drug-likeness (QED) is 0.0261. The molecule has 95 heavy (non-hydrogen) atoms. The summed E-state index contributed by atoms with van der Waals surface area (Å²) >= 11 is 0. The molecule has 6 N–H and O–H groups in total. The van der Waals surface area contributed by atoms with E-state index >= 15 is 0 Å². The van der Waals surface area contributed by atoms with E-state index in [1.807, 2.05) is 6.08 Å². The van der Waals surface area contributed by atoms with Gasteiger partial charge in [-0.3, -0.25) is 4.79 Å². The fourth-order valence-corrected chi connectivity index (χ4v) is 11.5. The number of aliphatic hydroxyl groups is 5. The van der Waals surface area contributed by atoms with Gasteiger partial charge in [0.15, 0.2) is 6.29 Å². The first-order chi connectivity index (χ1) is 46.8. The topological polar surface area (TPSA) is 149 Å². The average molecular weight is 1320 g/mol. The molecule has 7 unspecified atom stereocenters. The van der Waals surface area contributed by atoms with E-state index in [4.69, 9.17) is 9.47 Å². The Morgan fingerprint density at radius 1 is 0.368 bits per heavy atom. The van der Waals surface area contributed by atoms with Gasteiger partial charge in [0.05, 0.1) is 25.4 Å². The molecule has 0 aromatic rings. The summed E-state index contributed by atoms with van der Waals surface area (Å²) in [5.74, 6) is -0.203. The van der Waals surface area contributed by atoms with E-state index in [0.717, 1.165) is 128 Å². The zero-order valence-electron chi connectivity index (χ0n) is 60.9. The second-order valence-electron chi connectivity index (χ2n) is 26.4. The third-order valence-electron chi connectivity index (χ3n) is 17.6. The molecule has 1 amide bonds. The maximum atomic E-state index is 13.2. The van der Waals surface area contributed by atoms with Crippen LogP contribution in [0.15, 0.2) is 158 Å². The molecule has 9 heteroatoms. The van der Waals surface area contributed by atoms with Gasteiger partial charge in [-0.1, -0.05) is 352 Å². The van der Waals surface area contributed by atoms with Crippen LogP contribution >= 0.6 is 0 Å². The molecule has 7 atom stereocenters. The number of aliphatic hydroxyl groups excluding tert-OH is 5. The molecule has 0 aliphatic carbocycles. The summed E-state index contributed by atoms with van der Waals surface area (Å²) in [4.78, 5) is 13.2. The molecule has 542 valence electrons. The predicted octanol–water partition coefficient (Wildman–Crippen LogP) is 22.6. The molecule has 0 spiro atoms. The Balaban J connectivity index is 2.16. The van der Waals surface area contributed by atoms with Crippen molar-refractivity contribution < 1.29 is 39.8 Å². The van der Waals surface area contributed by atoms with Gasteiger partial charge in [-0.25, -0.2) is 0 Å². The molecule has 0 saturated carbocycles. The zero-order valence-corrected chi connectivity index (χ0v) is 60.9. The zero-order chi connectivity index (χ0) is 68.5. The lowest BCUT2D eigenvalue weighted by molar-refractivity contribution is -0.302. The van der Waals surface area contributed by atoms with Gasteiger partial charge in [0.25, 0.3) is 0 Å². The molecule has 1 aliphatic heterocycles. The summed E-state index contributed by atoms with van der Waals surface area (Å²) in [6.07, 6.45) is 107. The van der Waals surface area contributed by atoms with Crippen LogP contribution in [0.1, 0.15) is 322 Å². The SMILES string of the molecule is CC/C=C\C/C=C\C/C=C\C/C=C\C/C=C\C/C=C\C/C=C\C/C=C\C/C=C\C/C=C\CCCCCCCCCCC(=O)NC(COC1OC(CO)C(O)C(O)C1O)C(O)/C=C/CC/C=C/CC/C=C/CCCCCCCCCCCCCCCCCCCCCCCCC. The fraction of sp³-hybridized carbons (Fsp3) is 0.686. The molecule has 1 saturated heterocycles. The molecule has 0 radical (unpaired) electrons. The van der Waals surface area contributed by atoms with Crippen LogP contribution in [0.2, 0.25) is 0 Å². The maximum absolute atomic E-state index is 13.2. The first kappa shape index (κ1) is 88.8. The smallest absolute Gasteiger partial charge is 0.220 e. The first-order valence-electron chi connectivity index (χ1n) is 39.2. The van der Waals surface area contributed by atoms with E-state index in [-0.39, 0.29) is 12.5 Å². The minimum Gasteiger partial charge on any atom is -0.394 e. The summed E-state index contributed by atoms with van der Waals surface area (Å²) in [5, 5.41) is 54.8. The van der Waals surface area contributed by atoms with E-state index in [1.54, 1.807) is 6.08 Å². The molecular formula is C86H145NO8. The summed E-state index contributed by atoms with van der Waals surface area (Å²) in [5.41, 5.74) is 0. The van der Waals surface area contributed by atoms with Crippen molar-refractivity contribution in [3.05, 3.63) is 158 Å². The number of carbonyl (C=O) groups excluding carboxylic acids is 1. The van der Waals surface area contributed by atoms with E-state index < -0.39 is 49.5 Å². The Morgan fingerprint density at radius 2 is 0.663 bits per heavy atom. The molecule has 1 heterocycles. The number of unbranched alkanes of at least 4 members (excludes halogenated alkanes) is 33. The molecule has 1 aliphatic rings. The van der Waals surface area contributed by atoms with Crippen LogP contribution in [-0.2, 0) is 14.3 Å².